The maximum atomic E-state index is 8.46. The van der Waals surface area contributed by atoms with E-state index in [1.54, 1.807) is 12.1 Å². The summed E-state index contributed by atoms with van der Waals surface area (Å²) in [5, 5.41) is 9.20. The van der Waals surface area contributed by atoms with E-state index in [9.17, 15) is 0 Å². The minimum Gasteiger partial charge on any atom is -0.396 e. The molecule has 68 valence electrons. The highest BCUT2D eigenvalue weighted by Crippen LogP contribution is 2.28. The summed E-state index contributed by atoms with van der Waals surface area (Å²) in [5.74, 6) is 5.16. The average molecular weight is 216 g/mol. The molecule has 0 radical (unpaired) electrons. The Kier molecular flexibility index (Phi) is 3.44. The van der Waals surface area contributed by atoms with Crippen molar-refractivity contribution in [1.82, 2.24) is 0 Å². The van der Waals surface area contributed by atoms with E-state index in [1.807, 2.05) is 0 Å². The highest BCUT2D eigenvalue weighted by atomic mass is 35.5. The predicted octanol–water partition coefficient (Wildman–Crippen LogP) is 1.92. The number of nitrogens with two attached hydrogens (primary N) is 1. The van der Waals surface area contributed by atoms with E-state index >= 15 is 0 Å². The lowest BCUT2D eigenvalue weighted by atomic mass is 10.2. The standard InChI is InChI=1S/C9H7Cl2NO/c10-7-4-6(2-1-3-13)5-8(11)9(7)12/h4-5,13H,3,12H2. The highest BCUT2D eigenvalue weighted by Gasteiger charge is 2.02. The third-order valence-corrected chi connectivity index (χ3v) is 2.02. The van der Waals surface area contributed by atoms with Crippen LogP contribution in [0.25, 0.3) is 0 Å². The number of anilines is 1. The van der Waals surface area contributed by atoms with Gasteiger partial charge in [-0.15, -0.1) is 0 Å². The van der Waals surface area contributed by atoms with Crippen LogP contribution in [0.1, 0.15) is 5.56 Å². The molecule has 1 rings (SSSR count). The molecule has 1 aromatic rings. The molecule has 13 heavy (non-hydrogen) atoms. The fraction of sp³-hybridized carbons (Fsp3) is 0.111. The van der Waals surface area contributed by atoms with Crippen LogP contribution in [0.4, 0.5) is 5.69 Å². The van der Waals surface area contributed by atoms with Gasteiger partial charge >= 0.3 is 0 Å². The number of rotatable bonds is 0. The molecule has 0 aromatic heterocycles. The van der Waals surface area contributed by atoms with Gasteiger partial charge in [-0.2, -0.15) is 0 Å². The van der Waals surface area contributed by atoms with Crippen LogP contribution in [-0.2, 0) is 0 Å². The van der Waals surface area contributed by atoms with Gasteiger partial charge in [-0.05, 0) is 12.1 Å². The Hall–Kier alpha value is -0.880. The molecule has 0 unspecified atom stereocenters. The molecule has 0 heterocycles. The molecule has 0 bridgehead atoms. The fourth-order valence-electron chi connectivity index (χ4n) is 0.798. The number of aliphatic hydroxyl groups excluding tert-OH is 1. The number of aliphatic hydroxyl groups is 1. The predicted molar refractivity (Wildman–Crippen MR) is 54.8 cm³/mol. The Morgan fingerprint density at radius 2 is 1.85 bits per heavy atom. The molecule has 1 aromatic carbocycles. The summed E-state index contributed by atoms with van der Waals surface area (Å²) < 4.78 is 0. The van der Waals surface area contributed by atoms with Gasteiger partial charge in [0.2, 0.25) is 0 Å². The molecule has 0 aliphatic carbocycles. The van der Waals surface area contributed by atoms with Crippen molar-refractivity contribution < 1.29 is 5.11 Å². The summed E-state index contributed by atoms with van der Waals surface area (Å²) in [4.78, 5) is 0. The lowest BCUT2D eigenvalue weighted by Crippen LogP contribution is -1.89. The van der Waals surface area contributed by atoms with Crippen molar-refractivity contribution in [3.8, 4) is 11.8 Å². The minimum atomic E-state index is -0.195. The highest BCUT2D eigenvalue weighted by molar-refractivity contribution is 6.39. The van der Waals surface area contributed by atoms with Crippen LogP contribution in [0.3, 0.4) is 0 Å². The van der Waals surface area contributed by atoms with Crippen molar-refractivity contribution >= 4 is 28.9 Å². The van der Waals surface area contributed by atoms with Crippen LogP contribution >= 0.6 is 23.2 Å². The summed E-state index contributed by atoms with van der Waals surface area (Å²) in [6, 6.07) is 3.21. The smallest absolute Gasteiger partial charge is 0.104 e. The van der Waals surface area contributed by atoms with Gasteiger partial charge in [-0.25, -0.2) is 0 Å². The summed E-state index contributed by atoms with van der Waals surface area (Å²) >= 11 is 11.5. The van der Waals surface area contributed by atoms with E-state index in [-0.39, 0.29) is 6.61 Å². The molecular formula is C9H7Cl2NO. The lowest BCUT2D eigenvalue weighted by molar-refractivity contribution is 0.350. The first-order chi connectivity index (χ1) is 6.15. The Labute approximate surface area is 86.3 Å². The third-order valence-electron chi connectivity index (χ3n) is 1.39. The first-order valence-corrected chi connectivity index (χ1v) is 4.25. The van der Waals surface area contributed by atoms with Crippen LogP contribution < -0.4 is 5.73 Å². The van der Waals surface area contributed by atoms with E-state index in [0.717, 1.165) is 0 Å². The first-order valence-electron chi connectivity index (χ1n) is 3.49. The zero-order valence-electron chi connectivity index (χ0n) is 6.64. The number of hydrogen-bond donors (Lipinski definition) is 2. The molecule has 0 amide bonds. The molecule has 4 heteroatoms. The Morgan fingerprint density at radius 3 is 2.31 bits per heavy atom. The molecule has 0 atom stereocenters. The SMILES string of the molecule is Nc1c(Cl)cc(C#CCO)cc1Cl. The third kappa shape index (κ3) is 2.53. The molecule has 0 saturated heterocycles. The molecule has 0 fully saturated rings. The van der Waals surface area contributed by atoms with E-state index in [0.29, 0.717) is 21.3 Å². The van der Waals surface area contributed by atoms with E-state index in [4.69, 9.17) is 34.0 Å². The number of benzene rings is 1. The van der Waals surface area contributed by atoms with Crippen molar-refractivity contribution in [3.05, 3.63) is 27.7 Å². The van der Waals surface area contributed by atoms with Crippen LogP contribution in [0.5, 0.6) is 0 Å². The normalized spacial score (nSPS) is 9.15. The van der Waals surface area contributed by atoms with Crippen LogP contribution in [0, 0.1) is 11.8 Å². The average Bonchev–Trinajstić information content (AvgIpc) is 2.10. The summed E-state index contributed by atoms with van der Waals surface area (Å²) in [5.41, 5.74) is 6.50. The van der Waals surface area contributed by atoms with Crippen molar-refractivity contribution in [1.29, 1.82) is 0 Å². The molecule has 0 aliphatic rings. The number of nitrogen functional groups attached to an aromatic ring is 1. The number of halogens is 2. The molecule has 2 nitrogen and oxygen atoms in total. The fourth-order valence-corrected chi connectivity index (χ4v) is 1.29. The van der Waals surface area contributed by atoms with Gasteiger partial charge in [-0.3, -0.25) is 0 Å². The van der Waals surface area contributed by atoms with Gasteiger partial charge in [0.25, 0.3) is 0 Å². The van der Waals surface area contributed by atoms with Crippen molar-refractivity contribution in [2.45, 2.75) is 0 Å². The topological polar surface area (TPSA) is 46.2 Å². The second-order valence-electron chi connectivity index (χ2n) is 2.31. The van der Waals surface area contributed by atoms with Gasteiger partial charge in [-0.1, -0.05) is 35.0 Å². The first kappa shape index (κ1) is 10.2. The quantitative estimate of drug-likeness (QED) is 0.514. The molecule has 0 saturated carbocycles. The Morgan fingerprint density at radius 1 is 1.31 bits per heavy atom. The second kappa shape index (κ2) is 4.38. The van der Waals surface area contributed by atoms with E-state index < -0.39 is 0 Å². The second-order valence-corrected chi connectivity index (χ2v) is 3.13. The van der Waals surface area contributed by atoms with Gasteiger partial charge in [0, 0.05) is 5.56 Å². The minimum absolute atomic E-state index is 0.195. The summed E-state index contributed by atoms with van der Waals surface area (Å²) in [6.07, 6.45) is 0. The van der Waals surface area contributed by atoms with Crippen LogP contribution in [-0.4, -0.2) is 11.7 Å². The van der Waals surface area contributed by atoms with Gasteiger partial charge in [0.15, 0.2) is 0 Å². The van der Waals surface area contributed by atoms with Crippen LogP contribution in [0.2, 0.25) is 10.0 Å². The van der Waals surface area contributed by atoms with Crippen molar-refractivity contribution in [2.24, 2.45) is 0 Å². The molecule has 0 spiro atoms. The largest absolute Gasteiger partial charge is 0.396 e. The van der Waals surface area contributed by atoms with E-state index in [1.165, 1.54) is 0 Å². The monoisotopic (exact) mass is 215 g/mol. The molecule has 3 N–H and O–H groups in total. The van der Waals surface area contributed by atoms with Crippen molar-refractivity contribution in [3.63, 3.8) is 0 Å². The Balaban J connectivity index is 3.13. The van der Waals surface area contributed by atoms with Crippen LogP contribution in [0.15, 0.2) is 12.1 Å². The Bertz CT molecular complexity index is 356. The van der Waals surface area contributed by atoms with Gasteiger partial charge in [0.1, 0.15) is 6.61 Å². The van der Waals surface area contributed by atoms with Crippen molar-refractivity contribution in [2.75, 3.05) is 12.3 Å². The lowest BCUT2D eigenvalue weighted by Gasteiger charge is -2.00. The maximum absolute atomic E-state index is 8.46. The molecule has 0 aliphatic heterocycles. The summed E-state index contributed by atoms with van der Waals surface area (Å²) in [6.45, 7) is -0.195. The maximum Gasteiger partial charge on any atom is 0.104 e. The summed E-state index contributed by atoms with van der Waals surface area (Å²) in [7, 11) is 0. The zero-order valence-corrected chi connectivity index (χ0v) is 8.15. The number of hydrogen-bond acceptors (Lipinski definition) is 2. The van der Waals surface area contributed by atoms with Gasteiger partial charge < -0.3 is 10.8 Å². The molecular weight excluding hydrogens is 209 g/mol. The zero-order chi connectivity index (χ0) is 9.84. The van der Waals surface area contributed by atoms with Gasteiger partial charge in [0.05, 0.1) is 15.7 Å². The van der Waals surface area contributed by atoms with E-state index in [2.05, 4.69) is 11.8 Å².